The lowest BCUT2D eigenvalue weighted by molar-refractivity contribution is 0.102. The summed E-state index contributed by atoms with van der Waals surface area (Å²) < 4.78 is 28.7. The van der Waals surface area contributed by atoms with Gasteiger partial charge in [0.25, 0.3) is 5.91 Å². The van der Waals surface area contributed by atoms with E-state index in [0.717, 1.165) is 23.0 Å². The number of carbonyl (C=O) groups is 1. The minimum atomic E-state index is -3.67. The lowest BCUT2D eigenvalue weighted by Crippen LogP contribution is -2.48. The highest BCUT2D eigenvalue weighted by Gasteiger charge is 2.29. The number of amides is 1. The first-order valence-corrected chi connectivity index (χ1v) is 14.9. The summed E-state index contributed by atoms with van der Waals surface area (Å²) in [7, 11) is -3.67. The van der Waals surface area contributed by atoms with Crippen molar-refractivity contribution in [2.24, 2.45) is 5.73 Å². The summed E-state index contributed by atoms with van der Waals surface area (Å²) in [6.45, 7) is 3.85. The molecule has 4 rings (SSSR count). The number of rotatable bonds is 10. The molecule has 38 heavy (non-hydrogen) atoms. The summed E-state index contributed by atoms with van der Waals surface area (Å²) in [5.41, 5.74) is 7.61. The lowest BCUT2D eigenvalue weighted by atomic mass is 10.1. The molecule has 0 spiro atoms. The Labute approximate surface area is 236 Å². The lowest BCUT2D eigenvalue weighted by Gasteiger charge is -2.34. The third-order valence-electron chi connectivity index (χ3n) is 6.16. The van der Waals surface area contributed by atoms with Gasteiger partial charge < -0.3 is 21.3 Å². The van der Waals surface area contributed by atoms with Gasteiger partial charge in [0.1, 0.15) is 11.0 Å². The van der Waals surface area contributed by atoms with Crippen LogP contribution < -0.4 is 21.3 Å². The minimum Gasteiger partial charge on any atom is -0.354 e. The number of hydrogen-bond acceptors (Lipinski definition) is 7. The molecule has 2 aromatic carbocycles. The van der Waals surface area contributed by atoms with Gasteiger partial charge in [0.05, 0.1) is 4.90 Å². The first-order valence-electron chi connectivity index (χ1n) is 12.3. The van der Waals surface area contributed by atoms with Gasteiger partial charge in [-0.05, 0) is 73.6 Å². The van der Waals surface area contributed by atoms with E-state index in [9.17, 15) is 13.2 Å². The van der Waals surface area contributed by atoms with Crippen LogP contribution in [0.15, 0.2) is 70.0 Å². The van der Waals surface area contributed by atoms with Crippen LogP contribution in [0.2, 0.25) is 5.15 Å². The van der Waals surface area contributed by atoms with Gasteiger partial charge in [-0.25, -0.2) is 13.4 Å². The number of carbonyl (C=O) groups excluding carboxylic acids is 1. The second-order valence-corrected chi connectivity index (χ2v) is 12.1. The number of benzene rings is 2. The molecule has 1 fully saturated rings. The van der Waals surface area contributed by atoms with Gasteiger partial charge in [0.15, 0.2) is 0 Å². The fourth-order valence-electron chi connectivity index (χ4n) is 4.07. The van der Waals surface area contributed by atoms with Crippen LogP contribution in [0, 0.1) is 0 Å². The number of hydrogen-bond donors (Lipinski definition) is 3. The Kier molecular flexibility index (Phi) is 9.74. The minimum absolute atomic E-state index is 0.180. The molecule has 1 aromatic heterocycles. The van der Waals surface area contributed by atoms with E-state index in [0.29, 0.717) is 61.5 Å². The summed E-state index contributed by atoms with van der Waals surface area (Å²) >= 11 is 9.47. The third-order valence-corrected chi connectivity index (χ3v) is 8.73. The van der Waals surface area contributed by atoms with Crippen LogP contribution in [0.5, 0.6) is 0 Å². The molecule has 9 nitrogen and oxygen atoms in total. The Bertz CT molecular complexity index is 1330. The molecule has 0 unspecified atom stereocenters. The van der Waals surface area contributed by atoms with Crippen molar-refractivity contribution in [3.05, 3.63) is 81.4 Å². The van der Waals surface area contributed by atoms with Crippen LogP contribution in [0.3, 0.4) is 0 Å². The predicted octanol–water partition coefficient (Wildman–Crippen LogP) is 3.70. The summed E-state index contributed by atoms with van der Waals surface area (Å²) in [6, 6.07) is 17.1. The number of piperazine rings is 1. The normalized spacial score (nSPS) is 14.4. The maximum atomic E-state index is 13.2. The number of anilines is 2. The van der Waals surface area contributed by atoms with Gasteiger partial charge in [-0.2, -0.15) is 4.31 Å². The first kappa shape index (κ1) is 28.5. The molecule has 0 saturated carbocycles. The average Bonchev–Trinajstić information content (AvgIpc) is 2.91. The van der Waals surface area contributed by atoms with Crippen LogP contribution in [-0.2, 0) is 16.6 Å². The number of nitrogens with one attached hydrogen (secondary N) is 2. The highest BCUT2D eigenvalue weighted by Crippen LogP contribution is 2.25. The van der Waals surface area contributed by atoms with E-state index >= 15 is 0 Å². The summed E-state index contributed by atoms with van der Waals surface area (Å²) in [5.74, 6) is 0.441. The molecular weight excluding hydrogens is 592 g/mol. The average molecular weight is 622 g/mol. The number of aromatic nitrogens is 1. The largest absolute Gasteiger partial charge is 0.354 e. The van der Waals surface area contributed by atoms with Crippen molar-refractivity contribution in [2.75, 3.05) is 49.5 Å². The van der Waals surface area contributed by atoms with Crippen LogP contribution in [0.4, 0.5) is 11.5 Å². The van der Waals surface area contributed by atoms with E-state index in [-0.39, 0.29) is 10.8 Å². The Morgan fingerprint density at radius 2 is 1.71 bits per heavy atom. The van der Waals surface area contributed by atoms with Crippen LogP contribution >= 0.6 is 27.5 Å². The van der Waals surface area contributed by atoms with Crippen molar-refractivity contribution in [2.45, 2.75) is 17.9 Å². The van der Waals surface area contributed by atoms with E-state index in [4.69, 9.17) is 17.3 Å². The van der Waals surface area contributed by atoms with Crippen LogP contribution in [-0.4, -0.2) is 62.9 Å². The molecule has 1 saturated heterocycles. The molecule has 0 bridgehead atoms. The molecule has 12 heteroatoms. The van der Waals surface area contributed by atoms with Crippen molar-refractivity contribution < 1.29 is 13.2 Å². The number of halogens is 2. The molecule has 0 atom stereocenters. The highest BCUT2D eigenvalue weighted by molar-refractivity contribution is 9.10. The van der Waals surface area contributed by atoms with Gasteiger partial charge in [0.2, 0.25) is 10.0 Å². The Morgan fingerprint density at radius 3 is 2.34 bits per heavy atom. The Morgan fingerprint density at radius 1 is 1.03 bits per heavy atom. The van der Waals surface area contributed by atoms with Gasteiger partial charge in [-0.1, -0.05) is 39.7 Å². The fourth-order valence-corrected chi connectivity index (χ4v) is 6.25. The van der Waals surface area contributed by atoms with E-state index in [1.54, 1.807) is 30.3 Å². The summed E-state index contributed by atoms with van der Waals surface area (Å²) in [5, 5.41) is 6.50. The molecule has 202 valence electrons. The molecule has 1 aliphatic heterocycles. The standard InChI is InChI=1S/C26H30BrClN6O3S/c27-21-16-24(28)32-25(17-21)33-12-14-34(15-13-33)38(36,37)23-8-6-22(7-9-23)31-26(35)20-4-2-19(3-5-20)18-30-11-1-10-29/h2-9,16-17,30H,1,10-15,18,29H2,(H,31,35). The number of pyridine rings is 1. The van der Waals surface area contributed by atoms with E-state index in [1.165, 1.54) is 16.4 Å². The zero-order valence-electron chi connectivity index (χ0n) is 20.7. The molecular formula is C26H30BrClN6O3S. The van der Waals surface area contributed by atoms with Gasteiger partial charge in [-0.3, -0.25) is 4.79 Å². The van der Waals surface area contributed by atoms with Gasteiger partial charge in [-0.15, -0.1) is 0 Å². The Balaban J connectivity index is 1.32. The molecule has 1 amide bonds. The van der Waals surface area contributed by atoms with Crippen LogP contribution in [0.1, 0.15) is 22.3 Å². The fraction of sp³-hybridized carbons (Fsp3) is 0.308. The summed E-state index contributed by atoms with van der Waals surface area (Å²) in [4.78, 5) is 19.2. The van der Waals surface area contributed by atoms with E-state index < -0.39 is 10.0 Å². The molecule has 3 aromatic rings. The monoisotopic (exact) mass is 620 g/mol. The first-order chi connectivity index (χ1) is 18.3. The molecule has 1 aliphatic rings. The maximum absolute atomic E-state index is 13.2. The second-order valence-electron chi connectivity index (χ2n) is 8.85. The second kappa shape index (κ2) is 13.0. The van der Waals surface area contributed by atoms with Gasteiger partial charge in [0, 0.05) is 48.4 Å². The number of nitrogens with zero attached hydrogens (tertiary/aromatic N) is 3. The van der Waals surface area contributed by atoms with Crippen molar-refractivity contribution >= 4 is 55.0 Å². The molecule has 4 N–H and O–H groups in total. The SMILES string of the molecule is NCCCNCc1ccc(C(=O)Nc2ccc(S(=O)(=O)N3CCN(c4cc(Br)cc(Cl)n4)CC3)cc2)cc1. The zero-order chi connectivity index (χ0) is 27.1. The quantitative estimate of drug-likeness (QED) is 0.233. The summed E-state index contributed by atoms with van der Waals surface area (Å²) in [6.07, 6.45) is 0.914. The van der Waals surface area contributed by atoms with Crippen molar-refractivity contribution in [1.29, 1.82) is 0 Å². The Hall–Kier alpha value is -2.54. The molecule has 0 radical (unpaired) electrons. The van der Waals surface area contributed by atoms with Crippen LogP contribution in [0.25, 0.3) is 0 Å². The third kappa shape index (κ3) is 7.31. The smallest absolute Gasteiger partial charge is 0.255 e. The molecule has 2 heterocycles. The maximum Gasteiger partial charge on any atom is 0.255 e. The van der Waals surface area contributed by atoms with E-state index in [1.807, 2.05) is 23.1 Å². The number of nitrogens with two attached hydrogens (primary N) is 1. The van der Waals surface area contributed by atoms with Gasteiger partial charge >= 0.3 is 0 Å². The van der Waals surface area contributed by atoms with E-state index in [2.05, 4.69) is 31.5 Å². The van der Waals surface area contributed by atoms with Crippen molar-refractivity contribution in [3.63, 3.8) is 0 Å². The van der Waals surface area contributed by atoms with Crippen molar-refractivity contribution in [1.82, 2.24) is 14.6 Å². The topological polar surface area (TPSA) is 121 Å². The predicted molar refractivity (Wildman–Crippen MR) is 154 cm³/mol. The molecule has 0 aliphatic carbocycles. The number of sulfonamides is 1. The highest BCUT2D eigenvalue weighted by atomic mass is 79.9. The van der Waals surface area contributed by atoms with Crippen molar-refractivity contribution in [3.8, 4) is 0 Å². The zero-order valence-corrected chi connectivity index (χ0v) is 23.9.